The van der Waals surface area contributed by atoms with Crippen LogP contribution in [-0.2, 0) is 6.54 Å². The average molecular weight is 289 g/mol. The first-order valence-electron chi connectivity index (χ1n) is 8.42. The van der Waals surface area contributed by atoms with Gasteiger partial charge in [-0.05, 0) is 87.7 Å². The maximum Gasteiger partial charge on any atom is 0.0302 e. The Labute approximate surface area is 127 Å². The Morgan fingerprint density at radius 1 is 1.15 bits per heavy atom. The van der Waals surface area contributed by atoms with E-state index < -0.39 is 0 Å². The predicted molar refractivity (Wildman–Crippen MR) is 86.0 cm³/mol. The highest BCUT2D eigenvalue weighted by atomic mass is 32.1. The molecule has 1 N–H and O–H groups in total. The van der Waals surface area contributed by atoms with Crippen molar-refractivity contribution in [1.82, 2.24) is 5.32 Å². The highest BCUT2D eigenvalue weighted by Gasteiger charge is 2.52. The monoisotopic (exact) mass is 289 g/mol. The van der Waals surface area contributed by atoms with Crippen LogP contribution in [0, 0.1) is 30.1 Å². The van der Waals surface area contributed by atoms with Crippen LogP contribution in [0.1, 0.15) is 55.2 Å². The van der Waals surface area contributed by atoms with Crippen molar-refractivity contribution in [1.29, 1.82) is 0 Å². The average Bonchev–Trinajstić information content (AvgIpc) is 2.80. The maximum absolute atomic E-state index is 3.88. The lowest BCUT2D eigenvalue weighted by molar-refractivity contribution is -0.0706. The first-order valence-corrected chi connectivity index (χ1v) is 9.23. The molecule has 0 radical (unpaired) electrons. The Bertz CT molecular complexity index is 454. The molecule has 0 saturated heterocycles. The third-order valence-electron chi connectivity index (χ3n) is 6.38. The Hall–Kier alpha value is -0.340. The molecule has 0 aromatic carbocycles. The molecule has 110 valence electrons. The minimum Gasteiger partial charge on any atom is -0.309 e. The van der Waals surface area contributed by atoms with E-state index in [0.717, 1.165) is 24.3 Å². The molecule has 0 spiro atoms. The molecular formula is C18H27NS. The Morgan fingerprint density at radius 3 is 2.25 bits per heavy atom. The van der Waals surface area contributed by atoms with Crippen LogP contribution < -0.4 is 5.32 Å². The second-order valence-electron chi connectivity index (χ2n) is 7.89. The number of nitrogens with one attached hydrogen (secondary N) is 1. The summed E-state index contributed by atoms with van der Waals surface area (Å²) in [6, 6.07) is 5.23. The van der Waals surface area contributed by atoms with Crippen LogP contribution in [0.25, 0.3) is 0 Å². The summed E-state index contributed by atoms with van der Waals surface area (Å²) in [5.41, 5.74) is 0.640. The first kappa shape index (κ1) is 13.3. The summed E-state index contributed by atoms with van der Waals surface area (Å²) in [6.45, 7) is 5.74. The lowest BCUT2D eigenvalue weighted by Gasteiger charge is -2.59. The topological polar surface area (TPSA) is 12.0 Å². The van der Waals surface area contributed by atoms with E-state index in [1.54, 1.807) is 19.3 Å². The van der Waals surface area contributed by atoms with Crippen molar-refractivity contribution < 1.29 is 0 Å². The van der Waals surface area contributed by atoms with Crippen molar-refractivity contribution in [3.8, 4) is 0 Å². The van der Waals surface area contributed by atoms with Crippen LogP contribution >= 0.6 is 11.3 Å². The standard InChI is InChI=1S/C18H27NS/c1-12-3-4-17(20-12)11-19-13(2)18-8-14-5-15(9-18)7-16(6-14)10-18/h3-4,13-16,19H,5-11H2,1-2H3/t13-,14?,15?,16?,18?/m0/s1. The normalized spacial score (nSPS) is 40.2. The molecule has 0 amide bonds. The molecule has 4 aliphatic rings. The smallest absolute Gasteiger partial charge is 0.0302 e. The van der Waals surface area contributed by atoms with Gasteiger partial charge in [-0.2, -0.15) is 0 Å². The zero-order valence-electron chi connectivity index (χ0n) is 12.8. The fraction of sp³-hybridized carbons (Fsp3) is 0.778. The summed E-state index contributed by atoms with van der Waals surface area (Å²) in [4.78, 5) is 2.93. The third-order valence-corrected chi connectivity index (χ3v) is 7.38. The van der Waals surface area contributed by atoms with E-state index in [9.17, 15) is 0 Å². The molecule has 5 rings (SSSR count). The van der Waals surface area contributed by atoms with Gasteiger partial charge < -0.3 is 5.32 Å². The Morgan fingerprint density at radius 2 is 1.75 bits per heavy atom. The minimum absolute atomic E-state index is 0.640. The summed E-state index contributed by atoms with van der Waals surface area (Å²) in [6.07, 6.45) is 9.19. The predicted octanol–water partition coefficient (Wildman–Crippen LogP) is 4.75. The molecule has 4 aliphatic carbocycles. The quantitative estimate of drug-likeness (QED) is 0.843. The lowest BCUT2D eigenvalue weighted by Crippen LogP contribution is -2.54. The summed E-state index contributed by atoms with van der Waals surface area (Å²) in [5, 5.41) is 3.88. The number of rotatable bonds is 4. The highest BCUT2D eigenvalue weighted by Crippen LogP contribution is 2.61. The van der Waals surface area contributed by atoms with Gasteiger partial charge in [-0.25, -0.2) is 0 Å². The molecule has 1 atom stereocenters. The van der Waals surface area contributed by atoms with E-state index in [1.807, 2.05) is 11.3 Å². The molecule has 0 unspecified atom stereocenters. The van der Waals surface area contributed by atoms with Crippen LogP contribution in [0.2, 0.25) is 0 Å². The van der Waals surface area contributed by atoms with Gasteiger partial charge in [0.2, 0.25) is 0 Å². The summed E-state index contributed by atoms with van der Waals surface area (Å²) in [5.74, 6) is 3.19. The van der Waals surface area contributed by atoms with Crippen molar-refractivity contribution >= 4 is 11.3 Å². The number of thiophene rings is 1. The fourth-order valence-electron chi connectivity index (χ4n) is 5.76. The maximum atomic E-state index is 3.88. The van der Waals surface area contributed by atoms with E-state index in [4.69, 9.17) is 0 Å². The molecule has 4 saturated carbocycles. The molecule has 1 aromatic heterocycles. The molecular weight excluding hydrogens is 262 g/mol. The van der Waals surface area contributed by atoms with Gasteiger partial charge in [-0.3, -0.25) is 0 Å². The van der Waals surface area contributed by atoms with Gasteiger partial charge in [0.15, 0.2) is 0 Å². The van der Waals surface area contributed by atoms with Crippen LogP contribution in [0.5, 0.6) is 0 Å². The molecule has 1 nitrogen and oxygen atoms in total. The van der Waals surface area contributed by atoms with E-state index >= 15 is 0 Å². The molecule has 4 bridgehead atoms. The summed E-state index contributed by atoms with van der Waals surface area (Å²) < 4.78 is 0. The number of hydrogen-bond donors (Lipinski definition) is 1. The van der Waals surface area contributed by atoms with Crippen molar-refractivity contribution in [2.45, 2.75) is 65.0 Å². The zero-order chi connectivity index (χ0) is 13.7. The van der Waals surface area contributed by atoms with E-state index in [0.29, 0.717) is 11.5 Å². The molecule has 20 heavy (non-hydrogen) atoms. The van der Waals surface area contributed by atoms with Gasteiger partial charge in [0.1, 0.15) is 0 Å². The number of aryl methyl sites for hydroxylation is 1. The number of hydrogen-bond acceptors (Lipinski definition) is 2. The molecule has 1 aromatic rings. The van der Waals surface area contributed by atoms with Gasteiger partial charge in [-0.15, -0.1) is 11.3 Å². The van der Waals surface area contributed by atoms with Crippen LogP contribution in [0.15, 0.2) is 12.1 Å². The largest absolute Gasteiger partial charge is 0.309 e. The van der Waals surface area contributed by atoms with E-state index in [1.165, 1.54) is 29.0 Å². The van der Waals surface area contributed by atoms with Crippen molar-refractivity contribution in [2.75, 3.05) is 0 Å². The molecule has 4 fully saturated rings. The Kier molecular flexibility index (Phi) is 3.23. The van der Waals surface area contributed by atoms with Crippen LogP contribution in [0.3, 0.4) is 0 Å². The van der Waals surface area contributed by atoms with Crippen LogP contribution in [0.4, 0.5) is 0 Å². The minimum atomic E-state index is 0.640. The highest BCUT2D eigenvalue weighted by molar-refractivity contribution is 7.11. The molecule has 1 heterocycles. The van der Waals surface area contributed by atoms with Gasteiger partial charge in [0.25, 0.3) is 0 Å². The third kappa shape index (κ3) is 2.25. The van der Waals surface area contributed by atoms with Crippen molar-refractivity contribution in [3.05, 3.63) is 21.9 Å². The van der Waals surface area contributed by atoms with E-state index in [-0.39, 0.29) is 0 Å². The fourth-order valence-corrected chi connectivity index (χ4v) is 6.60. The second kappa shape index (κ2) is 4.84. The first-order chi connectivity index (χ1) is 9.63. The zero-order valence-corrected chi connectivity index (χ0v) is 13.6. The van der Waals surface area contributed by atoms with Crippen LogP contribution in [-0.4, -0.2) is 6.04 Å². The van der Waals surface area contributed by atoms with E-state index in [2.05, 4.69) is 31.3 Å². The van der Waals surface area contributed by atoms with Gasteiger partial charge >= 0.3 is 0 Å². The van der Waals surface area contributed by atoms with Gasteiger partial charge in [0.05, 0.1) is 0 Å². The molecule has 0 aliphatic heterocycles. The van der Waals surface area contributed by atoms with Crippen molar-refractivity contribution in [3.63, 3.8) is 0 Å². The Balaban J connectivity index is 1.44. The summed E-state index contributed by atoms with van der Waals surface area (Å²) in [7, 11) is 0. The van der Waals surface area contributed by atoms with Gasteiger partial charge in [-0.1, -0.05) is 0 Å². The molecule has 2 heteroatoms. The summed E-state index contributed by atoms with van der Waals surface area (Å²) >= 11 is 1.94. The lowest BCUT2D eigenvalue weighted by atomic mass is 9.48. The van der Waals surface area contributed by atoms with Gasteiger partial charge in [0, 0.05) is 22.3 Å². The second-order valence-corrected chi connectivity index (χ2v) is 9.27. The SMILES string of the molecule is Cc1ccc(CN[C@@H](C)C23CC4CC(CC(C4)C2)C3)s1. The van der Waals surface area contributed by atoms with Crippen molar-refractivity contribution in [2.24, 2.45) is 23.2 Å².